The van der Waals surface area contributed by atoms with Crippen LogP contribution < -0.4 is 9.64 Å². The molecule has 5 nitrogen and oxygen atoms in total. The summed E-state index contributed by atoms with van der Waals surface area (Å²) in [5.74, 6) is -0.533. The topological polar surface area (TPSA) is 63.7 Å². The lowest BCUT2D eigenvalue weighted by atomic mass is 9.87. The van der Waals surface area contributed by atoms with E-state index in [1.54, 1.807) is 29.2 Å². The Morgan fingerprint density at radius 3 is 2.35 bits per heavy atom. The van der Waals surface area contributed by atoms with Crippen molar-refractivity contribution >= 4 is 34.7 Å². The van der Waals surface area contributed by atoms with E-state index in [4.69, 9.17) is 4.74 Å². The second-order valence-electron chi connectivity index (χ2n) is 7.71. The number of Topliss-reactive ketones (excluding diaryl/α,β-unsaturated/α-hetero) is 1. The zero-order valence-electron chi connectivity index (χ0n) is 17.4. The molecule has 1 aliphatic rings. The number of amides is 1. The highest BCUT2D eigenvalue weighted by Gasteiger charge is 2.43. The van der Waals surface area contributed by atoms with E-state index in [2.05, 4.69) is 0 Å². The molecule has 1 aliphatic heterocycles. The molecule has 1 aromatic heterocycles. The van der Waals surface area contributed by atoms with Gasteiger partial charge in [-0.05, 0) is 68.1 Å². The van der Waals surface area contributed by atoms with Gasteiger partial charge < -0.3 is 9.64 Å². The Bertz CT molecular complexity index is 1090. The minimum absolute atomic E-state index is 0.00267. The minimum atomic E-state index is -0.495. The van der Waals surface area contributed by atoms with E-state index in [1.165, 1.54) is 18.3 Å². The molecule has 2 unspecified atom stereocenters. The maximum atomic E-state index is 13.2. The van der Waals surface area contributed by atoms with Crippen molar-refractivity contribution in [3.63, 3.8) is 0 Å². The van der Waals surface area contributed by atoms with Crippen LogP contribution in [0.4, 0.5) is 5.69 Å². The highest BCUT2D eigenvalue weighted by atomic mass is 32.1. The Labute approximate surface area is 185 Å². The lowest BCUT2D eigenvalue weighted by molar-refractivity contribution is -0.141. The van der Waals surface area contributed by atoms with Gasteiger partial charge in [-0.25, -0.2) is 0 Å². The predicted octanol–water partition coefficient (Wildman–Crippen LogP) is 5.35. The molecule has 6 heteroatoms. The first-order valence-corrected chi connectivity index (χ1v) is 11.1. The molecule has 1 amide bonds. The fraction of sp³-hybridized carbons (Fsp3) is 0.240. The van der Waals surface area contributed by atoms with Crippen LogP contribution in [0, 0.1) is 12.8 Å². The maximum absolute atomic E-state index is 13.2. The molecule has 3 aromatic rings. The summed E-state index contributed by atoms with van der Waals surface area (Å²) >= 11 is 1.53. The molecule has 31 heavy (non-hydrogen) atoms. The van der Waals surface area contributed by atoms with E-state index in [0.29, 0.717) is 17.7 Å². The summed E-state index contributed by atoms with van der Waals surface area (Å²) in [6.45, 7) is 3.49. The van der Waals surface area contributed by atoms with Crippen molar-refractivity contribution < 1.29 is 19.1 Å². The summed E-state index contributed by atoms with van der Waals surface area (Å²) in [5.41, 5.74) is 2.44. The van der Waals surface area contributed by atoms with Crippen LogP contribution in [-0.4, -0.2) is 17.7 Å². The van der Waals surface area contributed by atoms with Crippen LogP contribution in [0.25, 0.3) is 0 Å². The van der Waals surface area contributed by atoms with Crippen LogP contribution in [-0.2, 0) is 9.59 Å². The molecule has 0 N–H and O–H groups in total. The van der Waals surface area contributed by atoms with Crippen molar-refractivity contribution in [2.45, 2.75) is 32.7 Å². The van der Waals surface area contributed by atoms with E-state index < -0.39 is 12.0 Å². The molecule has 0 aliphatic carbocycles. The first kappa shape index (κ1) is 21.0. The minimum Gasteiger partial charge on any atom is -0.426 e. The lowest BCUT2D eigenvalue weighted by Crippen LogP contribution is -2.46. The third-order valence-electron chi connectivity index (χ3n) is 5.53. The number of ketones is 1. The molecule has 0 radical (unpaired) electrons. The van der Waals surface area contributed by atoms with Crippen LogP contribution in [0.3, 0.4) is 0 Å². The van der Waals surface area contributed by atoms with Crippen molar-refractivity contribution in [3.8, 4) is 5.75 Å². The normalized spacial score (nSPS) is 18.6. The number of carbonyl (C=O) groups excluding carboxylic acids is 3. The number of carbonyl (C=O) groups is 3. The van der Waals surface area contributed by atoms with Gasteiger partial charge in [-0.3, -0.25) is 14.4 Å². The quantitative estimate of drug-likeness (QED) is 0.309. The van der Waals surface area contributed by atoms with Crippen molar-refractivity contribution in [2.24, 2.45) is 5.92 Å². The fourth-order valence-electron chi connectivity index (χ4n) is 3.88. The van der Waals surface area contributed by atoms with Crippen LogP contribution in [0.5, 0.6) is 5.75 Å². The number of aryl methyl sites for hydroxylation is 1. The van der Waals surface area contributed by atoms with Crippen LogP contribution >= 0.6 is 11.3 Å². The van der Waals surface area contributed by atoms with Crippen LogP contribution in [0.15, 0.2) is 66.0 Å². The Balaban J connectivity index is 1.65. The van der Waals surface area contributed by atoms with Crippen molar-refractivity contribution in [3.05, 3.63) is 82.0 Å². The fourth-order valence-corrected chi connectivity index (χ4v) is 4.76. The summed E-state index contributed by atoms with van der Waals surface area (Å²) < 4.78 is 5.67. The van der Waals surface area contributed by atoms with Gasteiger partial charge in [0.05, 0.1) is 12.0 Å². The Kier molecular flexibility index (Phi) is 6.00. The van der Waals surface area contributed by atoms with Gasteiger partial charge in [0, 0.05) is 22.5 Å². The number of esters is 1. The summed E-state index contributed by atoms with van der Waals surface area (Å²) in [6.07, 6.45) is 0.701. The average molecular weight is 434 g/mol. The number of hydrogen-bond donors (Lipinski definition) is 0. The van der Waals surface area contributed by atoms with Gasteiger partial charge in [0.25, 0.3) is 0 Å². The molecule has 2 atom stereocenters. The average Bonchev–Trinajstić information content (AvgIpc) is 3.29. The van der Waals surface area contributed by atoms with Crippen molar-refractivity contribution in [1.29, 1.82) is 0 Å². The second-order valence-corrected chi connectivity index (χ2v) is 8.69. The van der Waals surface area contributed by atoms with Gasteiger partial charge in [-0.2, -0.15) is 0 Å². The van der Waals surface area contributed by atoms with Crippen molar-refractivity contribution in [2.75, 3.05) is 4.90 Å². The summed E-state index contributed by atoms with van der Waals surface area (Å²) in [7, 11) is 0. The molecule has 158 valence electrons. The molecule has 1 fully saturated rings. The summed E-state index contributed by atoms with van der Waals surface area (Å²) in [5, 5.41) is 1.95. The van der Waals surface area contributed by atoms with Crippen molar-refractivity contribution in [1.82, 2.24) is 0 Å². The Hall–Kier alpha value is -3.25. The smallest absolute Gasteiger partial charge is 0.316 e. The monoisotopic (exact) mass is 433 g/mol. The van der Waals surface area contributed by atoms with Gasteiger partial charge in [-0.1, -0.05) is 23.8 Å². The van der Waals surface area contributed by atoms with E-state index in [9.17, 15) is 14.4 Å². The number of piperidine rings is 1. The maximum Gasteiger partial charge on any atom is 0.316 e. The molecule has 1 saturated heterocycles. The predicted molar refractivity (Wildman–Crippen MR) is 121 cm³/mol. The molecule has 4 rings (SSSR count). The van der Waals surface area contributed by atoms with Gasteiger partial charge in [0.2, 0.25) is 5.91 Å². The molecular weight excluding hydrogens is 410 g/mol. The third-order valence-corrected chi connectivity index (χ3v) is 6.47. The zero-order chi connectivity index (χ0) is 22.0. The highest BCUT2D eigenvalue weighted by Crippen LogP contribution is 2.42. The van der Waals surface area contributed by atoms with E-state index >= 15 is 0 Å². The van der Waals surface area contributed by atoms with Crippen LogP contribution in [0.1, 0.15) is 46.6 Å². The molecule has 2 heterocycles. The van der Waals surface area contributed by atoms with E-state index in [0.717, 1.165) is 16.1 Å². The first-order chi connectivity index (χ1) is 14.9. The number of thiophene rings is 1. The van der Waals surface area contributed by atoms with Gasteiger partial charge in [0.15, 0.2) is 5.78 Å². The standard InChI is InChI=1S/C25H23NO4S/c1-16-5-9-19(10-6-16)26-23(28)14-13-21(24(26)22-4-3-15-31-22)25(29)30-20-11-7-18(8-12-20)17(2)27/h3-12,15,21,24H,13-14H2,1-2H3. The molecule has 0 saturated carbocycles. The molecule has 0 bridgehead atoms. The van der Waals surface area contributed by atoms with Crippen LogP contribution in [0.2, 0.25) is 0 Å². The number of hydrogen-bond acceptors (Lipinski definition) is 5. The molecule has 2 aromatic carbocycles. The number of nitrogens with zero attached hydrogens (tertiary/aromatic N) is 1. The number of rotatable bonds is 5. The summed E-state index contributed by atoms with van der Waals surface area (Å²) in [6, 6.07) is 17.8. The molecule has 0 spiro atoms. The largest absolute Gasteiger partial charge is 0.426 e. The number of anilines is 1. The summed E-state index contributed by atoms with van der Waals surface area (Å²) in [4.78, 5) is 40.3. The highest BCUT2D eigenvalue weighted by molar-refractivity contribution is 7.10. The van der Waals surface area contributed by atoms with Gasteiger partial charge in [0.1, 0.15) is 5.75 Å². The second kappa shape index (κ2) is 8.86. The Morgan fingerprint density at radius 2 is 1.74 bits per heavy atom. The first-order valence-electron chi connectivity index (χ1n) is 10.2. The lowest BCUT2D eigenvalue weighted by Gasteiger charge is -2.39. The van der Waals surface area contributed by atoms with E-state index in [-0.39, 0.29) is 24.1 Å². The number of benzene rings is 2. The third kappa shape index (κ3) is 4.44. The van der Waals surface area contributed by atoms with E-state index in [1.807, 2.05) is 48.7 Å². The zero-order valence-corrected chi connectivity index (χ0v) is 18.2. The van der Waals surface area contributed by atoms with Gasteiger partial charge in [-0.15, -0.1) is 11.3 Å². The van der Waals surface area contributed by atoms with Gasteiger partial charge >= 0.3 is 5.97 Å². The number of ether oxygens (including phenoxy) is 1. The SMILES string of the molecule is CC(=O)c1ccc(OC(=O)C2CCC(=O)N(c3ccc(C)cc3)C2c2cccs2)cc1. The Morgan fingerprint density at radius 1 is 1.03 bits per heavy atom. The molecular formula is C25H23NO4S.